The number of anilines is 1. The lowest BCUT2D eigenvalue weighted by atomic mass is 10.1. The van der Waals surface area contributed by atoms with E-state index in [1.165, 1.54) is 5.56 Å². The van der Waals surface area contributed by atoms with Crippen LogP contribution >= 0.6 is 11.3 Å². The van der Waals surface area contributed by atoms with Crippen LogP contribution in [0.4, 0.5) is 10.7 Å². The van der Waals surface area contributed by atoms with Crippen molar-refractivity contribution in [2.24, 2.45) is 0 Å². The zero-order valence-corrected chi connectivity index (χ0v) is 13.8. The number of aromatic nitrogens is 2. The summed E-state index contributed by atoms with van der Waals surface area (Å²) in [6, 6.07) is 3.93. The second-order valence-electron chi connectivity index (χ2n) is 5.62. The van der Waals surface area contributed by atoms with E-state index in [-0.39, 0.29) is 12.1 Å². The molecule has 1 atom stereocenters. The summed E-state index contributed by atoms with van der Waals surface area (Å²) < 4.78 is 0. The molecule has 3 rings (SSSR count). The maximum atomic E-state index is 12.0. The van der Waals surface area contributed by atoms with Crippen LogP contribution in [0, 0.1) is 0 Å². The maximum absolute atomic E-state index is 12.0. The second kappa shape index (κ2) is 7.92. The van der Waals surface area contributed by atoms with Crippen molar-refractivity contribution >= 4 is 23.3 Å². The Labute approximate surface area is 140 Å². The number of urea groups is 1. The van der Waals surface area contributed by atoms with Gasteiger partial charge in [0.1, 0.15) is 0 Å². The highest BCUT2D eigenvalue weighted by Crippen LogP contribution is 2.15. The normalized spacial score (nSPS) is 17.7. The molecule has 7 heteroatoms. The monoisotopic (exact) mass is 331 g/mol. The number of rotatable bonds is 5. The van der Waals surface area contributed by atoms with E-state index in [1.54, 1.807) is 23.7 Å². The molecule has 2 N–H and O–H groups in total. The molecular formula is C16H21N5OS. The van der Waals surface area contributed by atoms with E-state index >= 15 is 0 Å². The quantitative estimate of drug-likeness (QED) is 0.880. The molecule has 0 bridgehead atoms. The van der Waals surface area contributed by atoms with E-state index in [0.29, 0.717) is 6.54 Å². The average Bonchev–Trinajstić information content (AvgIpc) is 3.09. The van der Waals surface area contributed by atoms with Gasteiger partial charge >= 0.3 is 6.03 Å². The van der Waals surface area contributed by atoms with Crippen LogP contribution in [-0.2, 0) is 6.42 Å². The van der Waals surface area contributed by atoms with Crippen molar-refractivity contribution in [1.82, 2.24) is 20.6 Å². The summed E-state index contributed by atoms with van der Waals surface area (Å²) in [7, 11) is 0. The number of hydrogen-bond acceptors (Lipinski definition) is 5. The molecular weight excluding hydrogens is 310 g/mol. The van der Waals surface area contributed by atoms with E-state index in [1.807, 2.05) is 6.07 Å². The molecule has 0 aliphatic carbocycles. The molecule has 23 heavy (non-hydrogen) atoms. The van der Waals surface area contributed by atoms with Crippen LogP contribution in [0.15, 0.2) is 35.3 Å². The summed E-state index contributed by atoms with van der Waals surface area (Å²) in [5.41, 5.74) is 1.26. The largest absolute Gasteiger partial charge is 0.339 e. The van der Waals surface area contributed by atoms with Gasteiger partial charge in [-0.25, -0.2) is 14.8 Å². The summed E-state index contributed by atoms with van der Waals surface area (Å²) in [5.74, 6) is 0.733. The summed E-state index contributed by atoms with van der Waals surface area (Å²) in [6.45, 7) is 2.34. The van der Waals surface area contributed by atoms with Crippen LogP contribution < -0.4 is 15.5 Å². The van der Waals surface area contributed by atoms with E-state index in [4.69, 9.17) is 0 Å². The van der Waals surface area contributed by atoms with Gasteiger partial charge in [0.2, 0.25) is 5.95 Å². The SMILES string of the molecule is O=C(NCCc1ccsc1)N[C@@H]1CCCN(c2ncccn2)C1. The molecule has 3 heterocycles. The Morgan fingerprint density at radius 1 is 1.39 bits per heavy atom. The fraction of sp³-hybridized carbons (Fsp3) is 0.438. The lowest BCUT2D eigenvalue weighted by Gasteiger charge is -2.33. The first-order valence-corrected chi connectivity index (χ1v) is 8.83. The summed E-state index contributed by atoms with van der Waals surface area (Å²) in [4.78, 5) is 22.7. The molecule has 1 saturated heterocycles. The third-order valence-corrected chi connectivity index (χ3v) is 4.60. The van der Waals surface area contributed by atoms with Gasteiger partial charge in [0, 0.05) is 38.1 Å². The minimum absolute atomic E-state index is 0.0962. The third-order valence-electron chi connectivity index (χ3n) is 3.87. The zero-order valence-electron chi connectivity index (χ0n) is 12.9. The van der Waals surface area contributed by atoms with Gasteiger partial charge < -0.3 is 15.5 Å². The van der Waals surface area contributed by atoms with Crippen LogP contribution in [-0.4, -0.2) is 41.7 Å². The minimum atomic E-state index is -0.0962. The molecule has 2 amide bonds. The van der Waals surface area contributed by atoms with Gasteiger partial charge in [0.25, 0.3) is 0 Å². The molecule has 0 spiro atoms. The Hall–Kier alpha value is -2.15. The van der Waals surface area contributed by atoms with Gasteiger partial charge in [-0.05, 0) is 47.7 Å². The predicted molar refractivity (Wildman–Crippen MR) is 91.8 cm³/mol. The van der Waals surface area contributed by atoms with Gasteiger partial charge in [0.05, 0.1) is 0 Å². The zero-order chi connectivity index (χ0) is 15.9. The lowest BCUT2D eigenvalue weighted by molar-refractivity contribution is 0.235. The van der Waals surface area contributed by atoms with E-state index in [2.05, 4.69) is 42.3 Å². The van der Waals surface area contributed by atoms with Crippen molar-refractivity contribution in [2.45, 2.75) is 25.3 Å². The van der Waals surface area contributed by atoms with Gasteiger partial charge in [-0.3, -0.25) is 0 Å². The number of nitrogens with one attached hydrogen (secondary N) is 2. The molecule has 0 unspecified atom stereocenters. The molecule has 1 fully saturated rings. The molecule has 6 nitrogen and oxygen atoms in total. The van der Waals surface area contributed by atoms with E-state index in [9.17, 15) is 4.79 Å². The van der Waals surface area contributed by atoms with Crippen LogP contribution in [0.5, 0.6) is 0 Å². The van der Waals surface area contributed by atoms with E-state index in [0.717, 1.165) is 38.3 Å². The minimum Gasteiger partial charge on any atom is -0.339 e. The first-order valence-electron chi connectivity index (χ1n) is 7.88. The molecule has 1 aliphatic heterocycles. The number of hydrogen-bond donors (Lipinski definition) is 2. The fourth-order valence-corrected chi connectivity index (χ4v) is 3.43. The molecule has 0 aromatic carbocycles. The van der Waals surface area contributed by atoms with E-state index < -0.39 is 0 Å². The number of thiophene rings is 1. The average molecular weight is 331 g/mol. The summed E-state index contributed by atoms with van der Waals surface area (Å²) in [5, 5.41) is 10.1. The van der Waals surface area contributed by atoms with Gasteiger partial charge in [-0.2, -0.15) is 11.3 Å². The highest BCUT2D eigenvalue weighted by Gasteiger charge is 2.22. The Morgan fingerprint density at radius 2 is 2.26 bits per heavy atom. The molecule has 1 aliphatic rings. The fourth-order valence-electron chi connectivity index (χ4n) is 2.72. The van der Waals surface area contributed by atoms with Crippen molar-refractivity contribution in [2.75, 3.05) is 24.5 Å². The summed E-state index contributed by atoms with van der Waals surface area (Å²) >= 11 is 1.68. The molecule has 2 aromatic heterocycles. The van der Waals surface area contributed by atoms with Crippen LogP contribution in [0.3, 0.4) is 0 Å². The highest BCUT2D eigenvalue weighted by atomic mass is 32.1. The molecule has 2 aromatic rings. The number of carbonyl (C=O) groups excluding carboxylic acids is 1. The van der Waals surface area contributed by atoms with Crippen molar-refractivity contribution in [3.8, 4) is 0 Å². The van der Waals surface area contributed by atoms with Crippen LogP contribution in [0.25, 0.3) is 0 Å². The van der Waals surface area contributed by atoms with Crippen molar-refractivity contribution in [3.05, 3.63) is 40.8 Å². The Bertz CT molecular complexity index is 604. The smallest absolute Gasteiger partial charge is 0.315 e. The highest BCUT2D eigenvalue weighted by molar-refractivity contribution is 7.07. The second-order valence-corrected chi connectivity index (χ2v) is 6.40. The van der Waals surface area contributed by atoms with Gasteiger partial charge in [-0.1, -0.05) is 0 Å². The maximum Gasteiger partial charge on any atom is 0.315 e. The van der Waals surface area contributed by atoms with Crippen LogP contribution in [0.2, 0.25) is 0 Å². The van der Waals surface area contributed by atoms with Crippen molar-refractivity contribution in [1.29, 1.82) is 0 Å². The predicted octanol–water partition coefficient (Wildman–Crippen LogP) is 2.05. The van der Waals surface area contributed by atoms with Crippen LogP contribution in [0.1, 0.15) is 18.4 Å². The Balaban J connectivity index is 1.43. The number of carbonyl (C=O) groups is 1. The number of nitrogens with zero attached hydrogens (tertiary/aromatic N) is 3. The third kappa shape index (κ3) is 4.66. The Morgan fingerprint density at radius 3 is 3.04 bits per heavy atom. The first-order chi connectivity index (χ1) is 11.3. The molecule has 0 radical (unpaired) electrons. The summed E-state index contributed by atoms with van der Waals surface area (Å²) in [6.07, 6.45) is 6.37. The topological polar surface area (TPSA) is 70.2 Å². The van der Waals surface area contributed by atoms with Gasteiger partial charge in [0.15, 0.2) is 0 Å². The standard InChI is InChI=1S/C16H21N5OS/c22-16(19-8-4-13-5-10-23-12-13)20-14-3-1-9-21(11-14)15-17-6-2-7-18-15/h2,5-7,10,12,14H,1,3-4,8-9,11H2,(H2,19,20,22)/t14-/m1/s1. The number of piperidine rings is 1. The number of amides is 2. The van der Waals surface area contributed by atoms with Crippen molar-refractivity contribution in [3.63, 3.8) is 0 Å². The first kappa shape index (κ1) is 15.7. The van der Waals surface area contributed by atoms with Gasteiger partial charge in [-0.15, -0.1) is 0 Å². The van der Waals surface area contributed by atoms with Crippen molar-refractivity contribution < 1.29 is 4.79 Å². The Kier molecular flexibility index (Phi) is 5.42. The lowest BCUT2D eigenvalue weighted by Crippen LogP contribution is -2.51. The molecule has 0 saturated carbocycles. The molecule has 122 valence electrons.